The molecule has 7 heteroatoms. The summed E-state index contributed by atoms with van der Waals surface area (Å²) in [6.45, 7) is 7.31. The minimum Gasteiger partial charge on any atom is -0.324 e. The lowest BCUT2D eigenvalue weighted by molar-refractivity contribution is -0.116. The Bertz CT molecular complexity index is 958. The molecule has 0 saturated heterocycles. The van der Waals surface area contributed by atoms with Crippen LogP contribution in [0.4, 0.5) is 11.4 Å². The van der Waals surface area contributed by atoms with E-state index in [0.717, 1.165) is 39.4 Å². The molecule has 5 nitrogen and oxygen atoms in total. The number of para-hydroxylation sites is 1. The Morgan fingerprint density at radius 3 is 2.41 bits per heavy atom. The highest BCUT2D eigenvalue weighted by Gasteiger charge is 2.30. The summed E-state index contributed by atoms with van der Waals surface area (Å²) in [6, 6.07) is 9.79. The quantitative estimate of drug-likeness (QED) is 0.774. The van der Waals surface area contributed by atoms with Crippen LogP contribution in [0.1, 0.15) is 30.5 Å². The maximum atomic E-state index is 12.9. The third-order valence-corrected chi connectivity index (χ3v) is 6.14. The van der Waals surface area contributed by atoms with Crippen molar-refractivity contribution < 1.29 is 13.2 Å². The lowest BCUT2D eigenvalue weighted by Crippen LogP contribution is -2.45. The van der Waals surface area contributed by atoms with Gasteiger partial charge in [-0.1, -0.05) is 42.8 Å². The van der Waals surface area contributed by atoms with Crippen molar-refractivity contribution in [3.63, 3.8) is 0 Å². The van der Waals surface area contributed by atoms with Crippen molar-refractivity contribution in [2.24, 2.45) is 0 Å². The summed E-state index contributed by atoms with van der Waals surface area (Å²) in [6.07, 6.45) is 1.84. The van der Waals surface area contributed by atoms with Crippen LogP contribution in [-0.2, 0) is 21.2 Å². The van der Waals surface area contributed by atoms with Gasteiger partial charge in [-0.3, -0.25) is 9.10 Å². The highest BCUT2D eigenvalue weighted by molar-refractivity contribution is 7.92. The predicted molar refractivity (Wildman–Crippen MR) is 112 cm³/mol. The second-order valence-corrected chi connectivity index (χ2v) is 8.89. The molecule has 0 heterocycles. The number of amides is 1. The Morgan fingerprint density at radius 1 is 1.19 bits per heavy atom. The van der Waals surface area contributed by atoms with Gasteiger partial charge in [0.05, 0.1) is 11.9 Å². The van der Waals surface area contributed by atoms with Crippen LogP contribution in [0.15, 0.2) is 36.4 Å². The van der Waals surface area contributed by atoms with Gasteiger partial charge in [-0.2, -0.15) is 0 Å². The molecule has 0 aliphatic heterocycles. The number of aryl methyl sites for hydroxylation is 3. The van der Waals surface area contributed by atoms with Crippen LogP contribution in [0, 0.1) is 13.8 Å². The molecular weight excluding hydrogens is 384 g/mol. The fourth-order valence-corrected chi connectivity index (χ4v) is 4.30. The molecule has 0 unspecified atom stereocenters. The molecule has 27 heavy (non-hydrogen) atoms. The third kappa shape index (κ3) is 4.82. The van der Waals surface area contributed by atoms with Crippen molar-refractivity contribution in [1.82, 2.24) is 0 Å². The summed E-state index contributed by atoms with van der Waals surface area (Å²) in [5.41, 5.74) is 3.85. The number of hydrogen-bond acceptors (Lipinski definition) is 3. The molecule has 2 aromatic carbocycles. The average molecular weight is 409 g/mol. The summed E-state index contributed by atoms with van der Waals surface area (Å²) in [5.74, 6) is -0.402. The number of carbonyl (C=O) groups is 1. The summed E-state index contributed by atoms with van der Waals surface area (Å²) in [5, 5.41) is 3.35. The summed E-state index contributed by atoms with van der Waals surface area (Å²) >= 11 is 6.16. The Balaban J connectivity index is 2.40. The van der Waals surface area contributed by atoms with E-state index in [9.17, 15) is 13.2 Å². The lowest BCUT2D eigenvalue weighted by Gasteiger charge is -2.29. The largest absolute Gasteiger partial charge is 0.324 e. The summed E-state index contributed by atoms with van der Waals surface area (Å²) < 4.78 is 25.9. The maximum Gasteiger partial charge on any atom is 0.248 e. The molecule has 146 valence electrons. The van der Waals surface area contributed by atoms with E-state index in [1.807, 2.05) is 39.0 Å². The smallest absolute Gasteiger partial charge is 0.248 e. The normalized spacial score (nSPS) is 12.5. The van der Waals surface area contributed by atoms with Crippen molar-refractivity contribution >= 4 is 38.9 Å². The van der Waals surface area contributed by atoms with E-state index < -0.39 is 22.0 Å². The fourth-order valence-electron chi connectivity index (χ4n) is 2.96. The molecule has 0 bridgehead atoms. The Morgan fingerprint density at radius 2 is 1.85 bits per heavy atom. The van der Waals surface area contributed by atoms with Gasteiger partial charge in [-0.05, 0) is 56.0 Å². The lowest BCUT2D eigenvalue weighted by atomic mass is 10.1. The van der Waals surface area contributed by atoms with Gasteiger partial charge >= 0.3 is 0 Å². The van der Waals surface area contributed by atoms with Crippen molar-refractivity contribution in [3.8, 4) is 0 Å². The van der Waals surface area contributed by atoms with Crippen molar-refractivity contribution in [3.05, 3.63) is 58.1 Å². The third-order valence-electron chi connectivity index (χ3n) is 4.49. The minimum absolute atomic E-state index is 0.358. The standard InChI is InChI=1S/C20H25ClN2O3S/c1-6-16-9-7-8-14(3)19(16)22-20(24)15(4)23(27(5,25)26)17-11-10-13(2)18(21)12-17/h7-12,15H,6H2,1-5H3,(H,22,24)/t15-/m0/s1. The number of nitrogens with one attached hydrogen (secondary N) is 1. The van der Waals surface area contributed by atoms with Gasteiger partial charge in [-0.25, -0.2) is 8.42 Å². The van der Waals surface area contributed by atoms with Gasteiger partial charge in [0.2, 0.25) is 15.9 Å². The number of carbonyl (C=O) groups excluding carboxylic acids is 1. The first-order valence-corrected chi connectivity index (χ1v) is 10.9. The second kappa shape index (κ2) is 8.31. The molecule has 0 spiro atoms. The molecule has 0 aliphatic rings. The summed E-state index contributed by atoms with van der Waals surface area (Å²) in [4.78, 5) is 12.9. The van der Waals surface area contributed by atoms with E-state index in [1.165, 1.54) is 0 Å². The van der Waals surface area contributed by atoms with Gasteiger partial charge in [0.15, 0.2) is 0 Å². The van der Waals surface area contributed by atoms with Crippen LogP contribution in [0.25, 0.3) is 0 Å². The first-order valence-electron chi connectivity index (χ1n) is 8.71. The fraction of sp³-hybridized carbons (Fsp3) is 0.350. The summed E-state index contributed by atoms with van der Waals surface area (Å²) in [7, 11) is -3.70. The van der Waals surface area contributed by atoms with Crippen LogP contribution >= 0.6 is 11.6 Å². The molecule has 2 aromatic rings. The molecular formula is C20H25ClN2O3S. The number of sulfonamides is 1. The molecule has 0 radical (unpaired) electrons. The zero-order valence-corrected chi connectivity index (χ0v) is 17.8. The number of rotatable bonds is 6. The van der Waals surface area contributed by atoms with E-state index in [0.29, 0.717) is 10.7 Å². The van der Waals surface area contributed by atoms with Crippen molar-refractivity contribution in [2.75, 3.05) is 15.9 Å². The molecule has 1 atom stereocenters. The van der Waals surface area contributed by atoms with E-state index in [-0.39, 0.29) is 0 Å². The molecule has 0 aliphatic carbocycles. The SMILES string of the molecule is CCc1cccc(C)c1NC(=O)[C@H](C)N(c1ccc(C)c(Cl)c1)S(C)(=O)=O. The number of halogens is 1. The molecule has 0 fully saturated rings. The highest BCUT2D eigenvalue weighted by Crippen LogP contribution is 2.28. The minimum atomic E-state index is -3.70. The Hall–Kier alpha value is -2.05. The Labute approximate surface area is 166 Å². The van der Waals surface area contributed by atoms with Crippen LogP contribution in [0.3, 0.4) is 0 Å². The van der Waals surface area contributed by atoms with Gasteiger partial charge in [0.25, 0.3) is 0 Å². The van der Waals surface area contributed by atoms with Gasteiger partial charge in [-0.15, -0.1) is 0 Å². The van der Waals surface area contributed by atoms with Crippen LogP contribution in [0.2, 0.25) is 5.02 Å². The average Bonchev–Trinajstić information content (AvgIpc) is 2.58. The van der Waals surface area contributed by atoms with Gasteiger partial charge < -0.3 is 5.32 Å². The highest BCUT2D eigenvalue weighted by atomic mass is 35.5. The molecule has 1 N–H and O–H groups in total. The van der Waals surface area contributed by atoms with E-state index >= 15 is 0 Å². The topological polar surface area (TPSA) is 66.5 Å². The first kappa shape index (κ1) is 21.3. The number of benzene rings is 2. The van der Waals surface area contributed by atoms with Crippen molar-refractivity contribution in [2.45, 2.75) is 40.2 Å². The predicted octanol–water partition coefficient (Wildman–Crippen LogP) is 4.31. The van der Waals surface area contributed by atoms with E-state index in [4.69, 9.17) is 11.6 Å². The first-order chi connectivity index (χ1) is 12.6. The Kier molecular flexibility index (Phi) is 6.54. The van der Waals surface area contributed by atoms with Crippen LogP contribution in [0.5, 0.6) is 0 Å². The van der Waals surface area contributed by atoms with Crippen LogP contribution in [-0.4, -0.2) is 26.6 Å². The van der Waals surface area contributed by atoms with Gasteiger partial charge in [0.1, 0.15) is 6.04 Å². The molecule has 2 rings (SSSR count). The zero-order valence-electron chi connectivity index (χ0n) is 16.2. The van der Waals surface area contributed by atoms with Crippen LogP contribution < -0.4 is 9.62 Å². The van der Waals surface area contributed by atoms with Gasteiger partial charge in [0, 0.05) is 10.7 Å². The number of hydrogen-bond donors (Lipinski definition) is 1. The zero-order chi connectivity index (χ0) is 20.4. The van der Waals surface area contributed by atoms with E-state index in [1.54, 1.807) is 25.1 Å². The monoisotopic (exact) mass is 408 g/mol. The van der Waals surface area contributed by atoms with Crippen molar-refractivity contribution in [1.29, 1.82) is 0 Å². The second-order valence-electron chi connectivity index (χ2n) is 6.62. The number of anilines is 2. The molecule has 0 aromatic heterocycles. The number of nitrogens with zero attached hydrogens (tertiary/aromatic N) is 1. The molecule has 1 amide bonds. The van der Waals surface area contributed by atoms with E-state index in [2.05, 4.69) is 5.32 Å². The maximum absolute atomic E-state index is 12.9. The molecule has 0 saturated carbocycles.